The summed E-state index contributed by atoms with van der Waals surface area (Å²) < 4.78 is 0. The lowest BCUT2D eigenvalue weighted by molar-refractivity contribution is 0.331. The van der Waals surface area contributed by atoms with Gasteiger partial charge in [0.15, 0.2) is 0 Å². The van der Waals surface area contributed by atoms with Crippen LogP contribution in [0.3, 0.4) is 0 Å². The van der Waals surface area contributed by atoms with Crippen molar-refractivity contribution in [2.75, 3.05) is 23.9 Å². The van der Waals surface area contributed by atoms with E-state index in [2.05, 4.69) is 56.2 Å². The number of thioether (sulfide) groups is 1. The van der Waals surface area contributed by atoms with Gasteiger partial charge in [-0.2, -0.15) is 0 Å². The predicted molar refractivity (Wildman–Crippen MR) is 111 cm³/mol. The predicted octanol–water partition coefficient (Wildman–Crippen LogP) is 4.94. The Morgan fingerprint density at radius 2 is 1.89 bits per heavy atom. The summed E-state index contributed by atoms with van der Waals surface area (Å²) in [5.41, 5.74) is 4.97. The van der Waals surface area contributed by atoms with Gasteiger partial charge in [-0.3, -0.25) is 9.88 Å². The zero-order chi connectivity index (χ0) is 18.1. The topological polar surface area (TPSA) is 32.3 Å². The molecule has 0 N–H and O–H groups in total. The third kappa shape index (κ3) is 3.45. The SMILES string of the molecule is c1cncc(-c2ccc3c(c2)SCN3c2cc(CN3CCCC3)ccn2)c1. The van der Waals surface area contributed by atoms with E-state index in [9.17, 15) is 0 Å². The van der Waals surface area contributed by atoms with Crippen molar-refractivity contribution in [3.8, 4) is 11.1 Å². The van der Waals surface area contributed by atoms with Crippen molar-refractivity contribution in [2.45, 2.75) is 24.3 Å². The molecule has 1 aromatic carbocycles. The van der Waals surface area contributed by atoms with E-state index >= 15 is 0 Å². The monoisotopic (exact) mass is 374 g/mol. The van der Waals surface area contributed by atoms with Gasteiger partial charge in [0.25, 0.3) is 0 Å². The van der Waals surface area contributed by atoms with Crippen LogP contribution in [-0.2, 0) is 6.54 Å². The molecule has 4 heterocycles. The van der Waals surface area contributed by atoms with Crippen LogP contribution in [0.2, 0.25) is 0 Å². The van der Waals surface area contributed by atoms with Crippen molar-refractivity contribution in [3.05, 3.63) is 66.6 Å². The van der Waals surface area contributed by atoms with Crippen LogP contribution in [0.4, 0.5) is 11.5 Å². The highest BCUT2D eigenvalue weighted by Gasteiger charge is 2.23. The number of rotatable bonds is 4. The maximum atomic E-state index is 4.66. The van der Waals surface area contributed by atoms with Crippen LogP contribution in [0.5, 0.6) is 0 Å². The van der Waals surface area contributed by atoms with Crippen LogP contribution in [0.25, 0.3) is 11.1 Å². The minimum atomic E-state index is 0.909. The quantitative estimate of drug-likeness (QED) is 0.646. The molecule has 0 amide bonds. The van der Waals surface area contributed by atoms with Crippen molar-refractivity contribution < 1.29 is 0 Å². The molecular weight excluding hydrogens is 352 g/mol. The Morgan fingerprint density at radius 3 is 2.74 bits per heavy atom. The minimum absolute atomic E-state index is 0.909. The van der Waals surface area contributed by atoms with E-state index in [0.29, 0.717) is 0 Å². The van der Waals surface area contributed by atoms with Crippen molar-refractivity contribution >= 4 is 23.3 Å². The third-order valence-corrected chi connectivity index (χ3v) is 6.31. The third-order valence-electron chi connectivity index (χ3n) is 5.29. The molecule has 0 unspecified atom stereocenters. The van der Waals surface area contributed by atoms with Crippen molar-refractivity contribution in [3.63, 3.8) is 0 Å². The second-order valence-electron chi connectivity index (χ2n) is 7.13. The number of aromatic nitrogens is 2. The minimum Gasteiger partial charge on any atom is -0.315 e. The molecule has 0 radical (unpaired) electrons. The molecule has 1 fully saturated rings. The Balaban J connectivity index is 1.40. The van der Waals surface area contributed by atoms with E-state index in [1.54, 1.807) is 0 Å². The molecule has 2 aliphatic heterocycles. The molecule has 0 aliphatic carbocycles. The van der Waals surface area contributed by atoms with E-state index in [0.717, 1.165) is 23.8 Å². The highest BCUT2D eigenvalue weighted by Crippen LogP contribution is 2.44. The van der Waals surface area contributed by atoms with Gasteiger partial charge in [-0.25, -0.2) is 4.98 Å². The van der Waals surface area contributed by atoms with E-state index in [-0.39, 0.29) is 0 Å². The number of anilines is 2. The summed E-state index contributed by atoms with van der Waals surface area (Å²) in [6, 6.07) is 15.2. The van der Waals surface area contributed by atoms with Crippen molar-refractivity contribution in [2.24, 2.45) is 0 Å². The molecule has 0 saturated carbocycles. The fraction of sp³-hybridized carbons (Fsp3) is 0.273. The second kappa shape index (κ2) is 7.33. The smallest absolute Gasteiger partial charge is 0.134 e. The number of pyridine rings is 2. The van der Waals surface area contributed by atoms with Crippen molar-refractivity contribution in [1.82, 2.24) is 14.9 Å². The lowest BCUT2D eigenvalue weighted by Crippen LogP contribution is -2.19. The normalized spacial score (nSPS) is 16.7. The summed E-state index contributed by atoms with van der Waals surface area (Å²) in [5.74, 6) is 1.96. The molecule has 2 aliphatic rings. The van der Waals surface area contributed by atoms with Crippen molar-refractivity contribution in [1.29, 1.82) is 0 Å². The standard InChI is InChI=1S/C22H22N4S/c1-2-11-25(10-1)15-17-7-9-24-22(12-17)26-16-27-21-13-18(5-6-20(21)26)19-4-3-8-23-14-19/h3-9,12-14H,1-2,10-11,15-16H2. The Labute approximate surface area is 164 Å². The molecule has 5 rings (SSSR count). The first kappa shape index (κ1) is 16.8. The number of hydrogen-bond acceptors (Lipinski definition) is 5. The lowest BCUT2D eigenvalue weighted by atomic mass is 10.1. The van der Waals surface area contributed by atoms with Gasteiger partial charge in [-0.05, 0) is 67.4 Å². The number of likely N-dealkylation sites (tertiary alicyclic amines) is 1. The first-order valence-corrected chi connectivity index (χ1v) is 10.5. The summed E-state index contributed by atoms with van der Waals surface area (Å²) in [6.45, 7) is 3.47. The van der Waals surface area contributed by atoms with Crippen LogP contribution >= 0.6 is 11.8 Å². The summed E-state index contributed by atoms with van der Waals surface area (Å²) in [7, 11) is 0. The molecule has 3 aromatic rings. The number of benzene rings is 1. The molecule has 1 saturated heterocycles. The lowest BCUT2D eigenvalue weighted by Gasteiger charge is -2.20. The van der Waals surface area contributed by atoms with Gasteiger partial charge in [0.1, 0.15) is 5.82 Å². The summed E-state index contributed by atoms with van der Waals surface area (Å²) in [4.78, 5) is 15.1. The maximum Gasteiger partial charge on any atom is 0.134 e. The van der Waals surface area contributed by atoms with E-state index in [4.69, 9.17) is 0 Å². The van der Waals surface area contributed by atoms with Gasteiger partial charge in [0, 0.05) is 35.6 Å². The molecule has 4 nitrogen and oxygen atoms in total. The summed E-state index contributed by atoms with van der Waals surface area (Å²) in [5, 5.41) is 0. The fourth-order valence-electron chi connectivity index (χ4n) is 3.86. The second-order valence-corrected chi connectivity index (χ2v) is 8.12. The maximum absolute atomic E-state index is 4.66. The molecule has 136 valence electrons. The summed E-state index contributed by atoms with van der Waals surface area (Å²) >= 11 is 1.87. The van der Waals surface area contributed by atoms with E-state index in [1.807, 2.05) is 36.4 Å². The highest BCUT2D eigenvalue weighted by atomic mass is 32.2. The molecule has 5 heteroatoms. The molecule has 0 spiro atoms. The largest absolute Gasteiger partial charge is 0.315 e. The first-order valence-electron chi connectivity index (χ1n) is 9.49. The number of hydrogen-bond donors (Lipinski definition) is 0. The van der Waals surface area contributed by atoms with Gasteiger partial charge in [-0.1, -0.05) is 12.1 Å². The van der Waals surface area contributed by atoms with Crippen LogP contribution in [0, 0.1) is 0 Å². The zero-order valence-electron chi connectivity index (χ0n) is 15.2. The van der Waals surface area contributed by atoms with Crippen LogP contribution in [-0.4, -0.2) is 33.8 Å². The Kier molecular flexibility index (Phi) is 4.56. The molecule has 27 heavy (non-hydrogen) atoms. The zero-order valence-corrected chi connectivity index (χ0v) is 16.0. The van der Waals surface area contributed by atoms with Gasteiger partial charge >= 0.3 is 0 Å². The van der Waals surface area contributed by atoms with Gasteiger partial charge in [0.2, 0.25) is 0 Å². The number of nitrogens with zero attached hydrogens (tertiary/aromatic N) is 4. The molecule has 2 aromatic heterocycles. The Morgan fingerprint density at radius 1 is 0.963 bits per heavy atom. The van der Waals surface area contributed by atoms with Gasteiger partial charge in [0.05, 0.1) is 11.6 Å². The molecule has 0 atom stereocenters. The Bertz CT molecular complexity index is 938. The Hall–Kier alpha value is -2.37. The van der Waals surface area contributed by atoms with Crippen LogP contribution in [0.1, 0.15) is 18.4 Å². The van der Waals surface area contributed by atoms with E-state index in [1.165, 1.54) is 47.6 Å². The van der Waals surface area contributed by atoms with E-state index < -0.39 is 0 Å². The number of fused-ring (bicyclic) bond motifs is 1. The fourth-order valence-corrected chi connectivity index (χ4v) is 4.94. The van der Waals surface area contributed by atoms with Gasteiger partial charge < -0.3 is 4.90 Å². The van der Waals surface area contributed by atoms with Gasteiger partial charge in [-0.15, -0.1) is 11.8 Å². The average Bonchev–Trinajstić information content (AvgIpc) is 3.38. The molecule has 0 bridgehead atoms. The average molecular weight is 375 g/mol. The first-order chi connectivity index (χ1) is 13.4. The summed E-state index contributed by atoms with van der Waals surface area (Å²) in [6.07, 6.45) is 8.34. The molecular formula is C22H22N4S. The van der Waals surface area contributed by atoms with Crippen LogP contribution < -0.4 is 4.90 Å². The highest BCUT2D eigenvalue weighted by molar-refractivity contribution is 7.99. The van der Waals surface area contributed by atoms with Crippen LogP contribution in [0.15, 0.2) is 66.0 Å².